The maximum Gasteiger partial charge on any atom is 0.209 e. The van der Waals surface area contributed by atoms with Gasteiger partial charge in [-0.15, -0.1) is 5.10 Å². The highest BCUT2D eigenvalue weighted by Crippen LogP contribution is 2.19. The fraction of sp³-hybridized carbons (Fsp3) is 0.556. The van der Waals surface area contributed by atoms with Crippen LogP contribution in [0.1, 0.15) is 11.4 Å². The second-order valence-corrected chi connectivity index (χ2v) is 4.54. The van der Waals surface area contributed by atoms with E-state index >= 15 is 0 Å². The molecule has 0 bridgehead atoms. The number of thioether (sulfide) groups is 1. The SMILES string of the molecule is Cc1cc(CSc2nnnn2CCO)n(C)n1. The van der Waals surface area contributed by atoms with Crippen molar-refractivity contribution in [2.75, 3.05) is 6.61 Å². The van der Waals surface area contributed by atoms with Gasteiger partial charge in [-0.1, -0.05) is 11.8 Å². The number of rotatable bonds is 5. The van der Waals surface area contributed by atoms with Crippen molar-refractivity contribution in [2.24, 2.45) is 7.05 Å². The van der Waals surface area contributed by atoms with Crippen molar-refractivity contribution < 1.29 is 5.11 Å². The minimum absolute atomic E-state index is 0.0312. The van der Waals surface area contributed by atoms with Crippen LogP contribution in [0.4, 0.5) is 0 Å². The average molecular weight is 254 g/mol. The largest absolute Gasteiger partial charge is 0.394 e. The molecule has 0 spiro atoms. The molecule has 17 heavy (non-hydrogen) atoms. The van der Waals surface area contributed by atoms with Crippen LogP contribution in [0.25, 0.3) is 0 Å². The minimum Gasteiger partial charge on any atom is -0.394 e. The number of hydrogen-bond acceptors (Lipinski definition) is 6. The topological polar surface area (TPSA) is 81.6 Å². The molecule has 0 atom stereocenters. The van der Waals surface area contributed by atoms with E-state index in [0.717, 1.165) is 17.1 Å². The standard InChI is InChI=1S/C9H14N6OS/c1-7-5-8(14(2)11-7)6-17-9-10-12-13-15(9)3-4-16/h5,16H,3-4,6H2,1-2H3. The van der Waals surface area contributed by atoms with E-state index in [9.17, 15) is 0 Å². The monoisotopic (exact) mass is 254 g/mol. The predicted molar refractivity (Wildman–Crippen MR) is 62.4 cm³/mol. The molecule has 0 aromatic carbocycles. The average Bonchev–Trinajstić information content (AvgIpc) is 2.83. The Hall–Kier alpha value is -1.41. The lowest BCUT2D eigenvalue weighted by Gasteiger charge is -2.02. The number of aromatic nitrogens is 6. The van der Waals surface area contributed by atoms with E-state index < -0.39 is 0 Å². The van der Waals surface area contributed by atoms with Crippen molar-refractivity contribution in [1.82, 2.24) is 30.0 Å². The molecular formula is C9H14N6OS. The van der Waals surface area contributed by atoms with Crippen LogP contribution in [0, 0.1) is 6.92 Å². The lowest BCUT2D eigenvalue weighted by Crippen LogP contribution is -2.06. The number of tetrazole rings is 1. The van der Waals surface area contributed by atoms with Crippen LogP contribution in [0.2, 0.25) is 0 Å². The second-order valence-electron chi connectivity index (χ2n) is 3.60. The van der Waals surface area contributed by atoms with Crippen LogP contribution in [-0.4, -0.2) is 41.7 Å². The summed E-state index contributed by atoms with van der Waals surface area (Å²) >= 11 is 1.53. The Balaban J connectivity index is 2.02. The van der Waals surface area contributed by atoms with Gasteiger partial charge >= 0.3 is 0 Å². The first-order valence-electron chi connectivity index (χ1n) is 5.20. The first-order valence-corrected chi connectivity index (χ1v) is 6.18. The zero-order valence-corrected chi connectivity index (χ0v) is 10.6. The van der Waals surface area contributed by atoms with Gasteiger partial charge in [0.2, 0.25) is 5.16 Å². The highest BCUT2D eigenvalue weighted by atomic mass is 32.2. The van der Waals surface area contributed by atoms with Gasteiger partial charge in [0.25, 0.3) is 0 Å². The van der Waals surface area contributed by atoms with Gasteiger partial charge in [-0.05, 0) is 23.4 Å². The molecule has 0 radical (unpaired) electrons. The van der Waals surface area contributed by atoms with E-state index in [-0.39, 0.29) is 6.61 Å². The molecule has 0 fully saturated rings. The molecule has 0 aliphatic heterocycles. The molecule has 2 aromatic heterocycles. The first kappa shape index (κ1) is 12.1. The number of aliphatic hydroxyl groups is 1. The lowest BCUT2D eigenvalue weighted by molar-refractivity contribution is 0.262. The van der Waals surface area contributed by atoms with Crippen molar-refractivity contribution >= 4 is 11.8 Å². The van der Waals surface area contributed by atoms with Crippen LogP contribution >= 0.6 is 11.8 Å². The molecule has 1 N–H and O–H groups in total. The van der Waals surface area contributed by atoms with Crippen LogP contribution < -0.4 is 0 Å². The van der Waals surface area contributed by atoms with E-state index in [0.29, 0.717) is 11.7 Å². The maximum absolute atomic E-state index is 8.86. The summed E-state index contributed by atoms with van der Waals surface area (Å²) < 4.78 is 3.44. The highest BCUT2D eigenvalue weighted by molar-refractivity contribution is 7.98. The van der Waals surface area contributed by atoms with Crippen LogP contribution in [-0.2, 0) is 19.3 Å². The summed E-state index contributed by atoms with van der Waals surface area (Å²) in [6, 6.07) is 2.03. The molecule has 8 heteroatoms. The summed E-state index contributed by atoms with van der Waals surface area (Å²) in [7, 11) is 1.92. The van der Waals surface area contributed by atoms with Gasteiger partial charge in [0.05, 0.1) is 18.8 Å². The quantitative estimate of drug-likeness (QED) is 0.756. The highest BCUT2D eigenvalue weighted by Gasteiger charge is 2.08. The first-order chi connectivity index (χ1) is 8.20. The Morgan fingerprint density at radius 1 is 1.47 bits per heavy atom. The summed E-state index contributed by atoms with van der Waals surface area (Å²) in [6.45, 7) is 2.41. The Morgan fingerprint density at radius 2 is 2.29 bits per heavy atom. The van der Waals surface area contributed by atoms with Crippen LogP contribution in [0.15, 0.2) is 11.2 Å². The van der Waals surface area contributed by atoms with Gasteiger partial charge in [0.1, 0.15) is 0 Å². The van der Waals surface area contributed by atoms with E-state index in [2.05, 4.69) is 20.6 Å². The molecule has 92 valence electrons. The number of aryl methyl sites for hydroxylation is 2. The second kappa shape index (κ2) is 5.28. The van der Waals surface area contributed by atoms with Gasteiger partial charge in [0.15, 0.2) is 0 Å². The maximum atomic E-state index is 8.86. The van der Waals surface area contributed by atoms with Gasteiger partial charge in [0, 0.05) is 18.5 Å². The number of hydrogen-bond donors (Lipinski definition) is 1. The van der Waals surface area contributed by atoms with E-state index in [4.69, 9.17) is 5.11 Å². The van der Waals surface area contributed by atoms with Crippen molar-refractivity contribution in [3.8, 4) is 0 Å². The Bertz CT molecular complexity index is 493. The fourth-order valence-corrected chi connectivity index (χ4v) is 2.39. The number of aliphatic hydroxyl groups excluding tert-OH is 1. The van der Waals surface area contributed by atoms with Gasteiger partial charge in [-0.25, -0.2) is 4.68 Å². The molecule has 0 aliphatic rings. The summed E-state index contributed by atoms with van der Waals surface area (Å²) in [5.41, 5.74) is 2.11. The zero-order valence-electron chi connectivity index (χ0n) is 9.74. The van der Waals surface area contributed by atoms with Gasteiger partial charge in [-0.2, -0.15) is 5.10 Å². The van der Waals surface area contributed by atoms with E-state index in [1.165, 1.54) is 11.8 Å². The Morgan fingerprint density at radius 3 is 2.94 bits per heavy atom. The summed E-state index contributed by atoms with van der Waals surface area (Å²) in [6.07, 6.45) is 0. The van der Waals surface area contributed by atoms with Crippen LogP contribution in [0.3, 0.4) is 0 Å². The Kier molecular flexibility index (Phi) is 3.75. The Labute approximate surface area is 103 Å². The molecule has 0 aliphatic carbocycles. The summed E-state index contributed by atoms with van der Waals surface area (Å²) in [5, 5.41) is 25.1. The van der Waals surface area contributed by atoms with Crippen molar-refractivity contribution in [3.63, 3.8) is 0 Å². The van der Waals surface area contributed by atoms with Crippen molar-refractivity contribution in [2.45, 2.75) is 24.4 Å². The van der Waals surface area contributed by atoms with Crippen LogP contribution in [0.5, 0.6) is 0 Å². The summed E-state index contributed by atoms with van der Waals surface area (Å²) in [5.74, 6) is 0.753. The molecule has 7 nitrogen and oxygen atoms in total. The molecular weight excluding hydrogens is 240 g/mol. The molecule has 0 saturated carbocycles. The minimum atomic E-state index is 0.0312. The third-order valence-electron chi connectivity index (χ3n) is 2.26. The molecule has 0 saturated heterocycles. The third kappa shape index (κ3) is 2.83. The zero-order chi connectivity index (χ0) is 12.3. The third-order valence-corrected chi connectivity index (χ3v) is 3.25. The summed E-state index contributed by atoms with van der Waals surface area (Å²) in [4.78, 5) is 0. The van der Waals surface area contributed by atoms with Gasteiger partial charge in [-0.3, -0.25) is 4.68 Å². The molecule has 2 heterocycles. The predicted octanol–water partition coefficient (Wildman–Crippen LogP) is -0.000380. The van der Waals surface area contributed by atoms with E-state index in [1.54, 1.807) is 4.68 Å². The molecule has 2 rings (SSSR count). The fourth-order valence-electron chi connectivity index (χ4n) is 1.47. The number of nitrogens with zero attached hydrogens (tertiary/aromatic N) is 6. The molecule has 0 amide bonds. The molecule has 0 unspecified atom stereocenters. The van der Waals surface area contributed by atoms with Gasteiger partial charge < -0.3 is 5.11 Å². The van der Waals surface area contributed by atoms with Crippen molar-refractivity contribution in [3.05, 3.63) is 17.5 Å². The van der Waals surface area contributed by atoms with E-state index in [1.807, 2.05) is 24.7 Å². The molecule has 2 aromatic rings. The lowest BCUT2D eigenvalue weighted by atomic mass is 10.4. The van der Waals surface area contributed by atoms with Crippen molar-refractivity contribution in [1.29, 1.82) is 0 Å². The smallest absolute Gasteiger partial charge is 0.209 e. The normalized spacial score (nSPS) is 11.0.